The van der Waals surface area contributed by atoms with E-state index in [1.54, 1.807) is 0 Å². The average Bonchev–Trinajstić information content (AvgIpc) is 2.58. The zero-order valence-corrected chi connectivity index (χ0v) is 15.6. The van der Waals surface area contributed by atoms with Crippen LogP contribution in [0.25, 0.3) is 6.08 Å². The van der Waals surface area contributed by atoms with Crippen molar-refractivity contribution in [1.29, 1.82) is 0 Å². The fraction of sp³-hybridized carbons (Fsp3) is 0.348. The molecule has 2 rings (SSSR count). The number of hydrogen-bond donors (Lipinski definition) is 1. The molecule has 0 fully saturated rings. The molecule has 1 N–H and O–H groups in total. The van der Waals surface area contributed by atoms with Crippen molar-refractivity contribution in [2.75, 3.05) is 5.32 Å². The van der Waals surface area contributed by atoms with E-state index >= 15 is 0 Å². The van der Waals surface area contributed by atoms with Crippen LogP contribution in [0.1, 0.15) is 57.6 Å². The van der Waals surface area contributed by atoms with Gasteiger partial charge in [-0.2, -0.15) is 0 Å². The lowest BCUT2D eigenvalue weighted by atomic mass is 9.87. The summed E-state index contributed by atoms with van der Waals surface area (Å²) < 4.78 is 0. The minimum absolute atomic E-state index is 0.0931. The maximum atomic E-state index is 12.0. The Balaban J connectivity index is 1.66. The van der Waals surface area contributed by atoms with Gasteiger partial charge in [0, 0.05) is 12.1 Å². The number of carbonyl (C=O) groups excluding carboxylic acids is 1. The van der Waals surface area contributed by atoms with Crippen LogP contribution in [0.4, 0.5) is 5.69 Å². The Morgan fingerprint density at radius 3 is 2.28 bits per heavy atom. The van der Waals surface area contributed by atoms with Crippen LogP contribution >= 0.6 is 0 Å². The number of carbonyl (C=O) groups is 1. The van der Waals surface area contributed by atoms with Gasteiger partial charge in [0.25, 0.3) is 0 Å². The third kappa shape index (κ3) is 6.96. The fourth-order valence-corrected chi connectivity index (χ4v) is 2.61. The highest BCUT2D eigenvalue weighted by molar-refractivity contribution is 5.90. The smallest absolute Gasteiger partial charge is 0.224 e. The van der Waals surface area contributed by atoms with Crippen LogP contribution in [0.5, 0.6) is 0 Å². The van der Waals surface area contributed by atoms with Gasteiger partial charge in [-0.25, -0.2) is 0 Å². The molecule has 0 atom stereocenters. The predicted molar refractivity (Wildman–Crippen MR) is 108 cm³/mol. The second-order valence-corrected chi connectivity index (χ2v) is 7.43. The molecule has 0 unspecified atom stereocenters. The summed E-state index contributed by atoms with van der Waals surface area (Å²) >= 11 is 0. The molecule has 2 nitrogen and oxygen atoms in total. The second-order valence-electron chi connectivity index (χ2n) is 7.43. The van der Waals surface area contributed by atoms with E-state index < -0.39 is 0 Å². The highest BCUT2D eigenvalue weighted by Gasteiger charge is 2.13. The van der Waals surface area contributed by atoms with Gasteiger partial charge in [0.1, 0.15) is 0 Å². The van der Waals surface area contributed by atoms with Gasteiger partial charge >= 0.3 is 0 Å². The lowest BCUT2D eigenvalue weighted by molar-refractivity contribution is -0.116. The number of unbranched alkanes of at least 4 members (excludes halogenated alkanes) is 2. The molecule has 0 aliphatic rings. The van der Waals surface area contributed by atoms with Gasteiger partial charge in [-0.1, -0.05) is 75.4 Å². The molecule has 0 radical (unpaired) electrons. The lowest BCUT2D eigenvalue weighted by Crippen LogP contribution is -2.13. The maximum absolute atomic E-state index is 12.0. The monoisotopic (exact) mass is 335 g/mol. The van der Waals surface area contributed by atoms with E-state index in [1.807, 2.05) is 30.3 Å². The van der Waals surface area contributed by atoms with E-state index in [1.165, 1.54) is 11.1 Å². The Labute approximate surface area is 152 Å². The summed E-state index contributed by atoms with van der Waals surface area (Å²) in [7, 11) is 0. The van der Waals surface area contributed by atoms with Crippen LogP contribution in [0.2, 0.25) is 0 Å². The van der Waals surface area contributed by atoms with Gasteiger partial charge in [-0.3, -0.25) is 4.79 Å². The number of amides is 1. The van der Waals surface area contributed by atoms with Crippen LogP contribution in [0, 0.1) is 0 Å². The largest absolute Gasteiger partial charge is 0.326 e. The van der Waals surface area contributed by atoms with Gasteiger partial charge in [-0.15, -0.1) is 0 Å². The molecular weight excluding hydrogens is 306 g/mol. The Morgan fingerprint density at radius 2 is 1.64 bits per heavy atom. The molecule has 2 aromatic carbocycles. The van der Waals surface area contributed by atoms with E-state index in [0.717, 1.165) is 24.9 Å². The molecule has 2 heteroatoms. The number of allylic oxidation sites excluding steroid dienone is 1. The molecule has 1 amide bonds. The van der Waals surface area contributed by atoms with Gasteiger partial charge in [0.15, 0.2) is 0 Å². The van der Waals surface area contributed by atoms with Crippen LogP contribution in [0.15, 0.2) is 60.7 Å². The van der Waals surface area contributed by atoms with Crippen molar-refractivity contribution in [3.63, 3.8) is 0 Å². The summed E-state index contributed by atoms with van der Waals surface area (Å²) in [5, 5.41) is 2.98. The van der Waals surface area contributed by atoms with Crippen molar-refractivity contribution in [1.82, 2.24) is 0 Å². The molecule has 0 saturated carbocycles. The summed E-state index contributed by atoms with van der Waals surface area (Å²) in [4.78, 5) is 12.0. The standard InChI is InChI=1S/C23H29NO/c1-23(2,3)20-15-17-21(18-16-20)24-22(25)14-10-5-4-7-11-19-12-8-6-9-13-19/h6-9,11-13,15-18H,4-5,10,14H2,1-3H3,(H,24,25)/b11-7+. The molecule has 0 heterocycles. The minimum Gasteiger partial charge on any atom is -0.326 e. The Bertz CT molecular complexity index is 678. The van der Waals surface area contributed by atoms with Crippen LogP contribution in [-0.4, -0.2) is 5.91 Å². The fourth-order valence-electron chi connectivity index (χ4n) is 2.61. The number of nitrogens with one attached hydrogen (secondary N) is 1. The SMILES string of the molecule is CC(C)(C)c1ccc(NC(=O)CCCC/C=C/c2ccccc2)cc1. The number of rotatable bonds is 7. The third-order valence-electron chi connectivity index (χ3n) is 4.17. The lowest BCUT2D eigenvalue weighted by Gasteiger charge is -2.19. The summed E-state index contributed by atoms with van der Waals surface area (Å²) in [5.74, 6) is 0.0931. The van der Waals surface area contributed by atoms with Crippen LogP contribution < -0.4 is 5.32 Å². The van der Waals surface area contributed by atoms with E-state index in [4.69, 9.17) is 0 Å². The second kappa shape index (κ2) is 9.22. The van der Waals surface area contributed by atoms with Crippen molar-refractivity contribution in [3.05, 3.63) is 71.8 Å². The van der Waals surface area contributed by atoms with Crippen molar-refractivity contribution in [2.45, 2.75) is 51.9 Å². The average molecular weight is 335 g/mol. The molecule has 0 saturated heterocycles. The highest BCUT2D eigenvalue weighted by atomic mass is 16.1. The first-order valence-electron chi connectivity index (χ1n) is 9.07. The summed E-state index contributed by atoms with van der Waals surface area (Å²) in [6, 6.07) is 18.4. The van der Waals surface area contributed by atoms with Gasteiger partial charge in [-0.05, 0) is 47.9 Å². The van der Waals surface area contributed by atoms with Gasteiger partial charge < -0.3 is 5.32 Å². The number of hydrogen-bond acceptors (Lipinski definition) is 1. The highest BCUT2D eigenvalue weighted by Crippen LogP contribution is 2.23. The molecule has 0 bridgehead atoms. The molecule has 25 heavy (non-hydrogen) atoms. The maximum Gasteiger partial charge on any atom is 0.224 e. The molecule has 0 aliphatic heterocycles. The van der Waals surface area contributed by atoms with Gasteiger partial charge in [0.05, 0.1) is 0 Å². The van der Waals surface area contributed by atoms with E-state index in [2.05, 4.69) is 62.5 Å². The first-order chi connectivity index (χ1) is 11.9. The molecule has 132 valence electrons. The minimum atomic E-state index is 0.0931. The summed E-state index contributed by atoms with van der Waals surface area (Å²) in [5.41, 5.74) is 3.51. The van der Waals surface area contributed by atoms with Gasteiger partial charge in [0.2, 0.25) is 5.91 Å². The number of benzene rings is 2. The van der Waals surface area contributed by atoms with E-state index in [9.17, 15) is 4.79 Å². The molecular formula is C23H29NO. The number of anilines is 1. The normalized spacial score (nSPS) is 11.6. The van der Waals surface area contributed by atoms with Crippen LogP contribution in [-0.2, 0) is 10.2 Å². The van der Waals surface area contributed by atoms with E-state index in [-0.39, 0.29) is 11.3 Å². The topological polar surface area (TPSA) is 29.1 Å². The quantitative estimate of drug-likeness (QED) is 0.600. The zero-order valence-electron chi connectivity index (χ0n) is 15.6. The van der Waals surface area contributed by atoms with Crippen LogP contribution in [0.3, 0.4) is 0 Å². The van der Waals surface area contributed by atoms with E-state index in [0.29, 0.717) is 6.42 Å². The van der Waals surface area contributed by atoms with Crippen molar-refractivity contribution < 1.29 is 4.79 Å². The summed E-state index contributed by atoms with van der Waals surface area (Å²) in [6.07, 6.45) is 7.82. The Hall–Kier alpha value is -2.35. The first kappa shape index (κ1) is 19.0. The van der Waals surface area contributed by atoms with Crippen molar-refractivity contribution in [3.8, 4) is 0 Å². The Morgan fingerprint density at radius 1 is 0.960 bits per heavy atom. The molecule has 0 aromatic heterocycles. The Kier molecular flexibility index (Phi) is 7.00. The molecule has 2 aromatic rings. The zero-order chi connectivity index (χ0) is 18.1. The third-order valence-corrected chi connectivity index (χ3v) is 4.17. The first-order valence-corrected chi connectivity index (χ1v) is 9.07. The van der Waals surface area contributed by atoms with Crippen molar-refractivity contribution >= 4 is 17.7 Å². The molecule has 0 aliphatic carbocycles. The van der Waals surface area contributed by atoms with Crippen molar-refractivity contribution in [2.24, 2.45) is 0 Å². The predicted octanol–water partition coefficient (Wildman–Crippen LogP) is 6.20. The molecule has 0 spiro atoms. The summed E-state index contributed by atoms with van der Waals surface area (Å²) in [6.45, 7) is 6.56.